The molecule has 1 aromatic heterocycles. The summed E-state index contributed by atoms with van der Waals surface area (Å²) in [5.41, 5.74) is 3.96. The van der Waals surface area contributed by atoms with Crippen molar-refractivity contribution in [2.45, 2.75) is 65.1 Å². The van der Waals surface area contributed by atoms with Gasteiger partial charge in [0.2, 0.25) is 0 Å². The zero-order valence-corrected chi connectivity index (χ0v) is 24.0. The number of rotatable bonds is 5. The molecule has 0 N–H and O–H groups in total. The summed E-state index contributed by atoms with van der Waals surface area (Å²) >= 11 is 0. The summed E-state index contributed by atoms with van der Waals surface area (Å²) in [6.07, 6.45) is 3.02. The predicted molar refractivity (Wildman–Crippen MR) is 153 cm³/mol. The van der Waals surface area contributed by atoms with E-state index in [2.05, 4.69) is 33.8 Å². The van der Waals surface area contributed by atoms with E-state index in [1.54, 1.807) is 11.2 Å². The van der Waals surface area contributed by atoms with Crippen LogP contribution in [0.1, 0.15) is 62.3 Å². The topological polar surface area (TPSA) is 84.7 Å². The summed E-state index contributed by atoms with van der Waals surface area (Å²) in [4.78, 5) is 48.3. The molecule has 1 fully saturated rings. The quantitative estimate of drug-likeness (QED) is 0.444. The molecule has 2 amide bonds. The van der Waals surface area contributed by atoms with Crippen molar-refractivity contribution in [2.75, 3.05) is 19.6 Å². The minimum Gasteiger partial charge on any atom is -0.444 e. The molecule has 40 heavy (non-hydrogen) atoms. The van der Waals surface area contributed by atoms with E-state index in [1.807, 2.05) is 65.0 Å². The van der Waals surface area contributed by atoms with E-state index in [9.17, 15) is 14.4 Å². The first kappa shape index (κ1) is 27.6. The van der Waals surface area contributed by atoms with E-state index in [0.29, 0.717) is 5.69 Å². The van der Waals surface area contributed by atoms with Crippen LogP contribution in [0.4, 0.5) is 4.79 Å². The fourth-order valence-electron chi connectivity index (χ4n) is 5.69. The highest BCUT2D eigenvalue weighted by molar-refractivity contribution is 6.01. The largest absolute Gasteiger partial charge is 0.444 e. The van der Waals surface area contributed by atoms with Crippen LogP contribution in [0.5, 0.6) is 0 Å². The van der Waals surface area contributed by atoms with Crippen LogP contribution in [0, 0.1) is 5.92 Å². The van der Waals surface area contributed by atoms with Crippen molar-refractivity contribution < 1.29 is 19.1 Å². The van der Waals surface area contributed by atoms with Gasteiger partial charge in [-0.1, -0.05) is 68.4 Å². The lowest BCUT2D eigenvalue weighted by molar-refractivity contribution is -0.128. The Labute approximate surface area is 235 Å². The minimum absolute atomic E-state index is 0.0893. The maximum absolute atomic E-state index is 14.2. The summed E-state index contributed by atoms with van der Waals surface area (Å²) < 4.78 is 7.69. The number of nitrogens with zero attached hydrogens (tertiary/aromatic N) is 4. The molecule has 0 bridgehead atoms. The molecule has 210 valence electrons. The first-order chi connectivity index (χ1) is 19.0. The second-order valence-corrected chi connectivity index (χ2v) is 12.0. The van der Waals surface area contributed by atoms with Crippen molar-refractivity contribution in [3.63, 3.8) is 0 Å². The Balaban J connectivity index is 1.48. The van der Waals surface area contributed by atoms with Crippen molar-refractivity contribution in [1.29, 1.82) is 0 Å². The Hall–Kier alpha value is -3.94. The van der Waals surface area contributed by atoms with Gasteiger partial charge < -0.3 is 19.1 Å². The molecule has 5 rings (SSSR count). The Bertz CT molecular complexity index is 1380. The average Bonchev–Trinajstić information content (AvgIpc) is 3.56. The first-order valence-electron chi connectivity index (χ1n) is 14.0. The van der Waals surface area contributed by atoms with Gasteiger partial charge in [0, 0.05) is 30.6 Å². The molecule has 8 nitrogen and oxygen atoms in total. The van der Waals surface area contributed by atoms with Crippen molar-refractivity contribution in [1.82, 2.24) is 19.4 Å². The van der Waals surface area contributed by atoms with Crippen LogP contribution >= 0.6 is 0 Å². The highest BCUT2D eigenvalue weighted by Crippen LogP contribution is 2.35. The van der Waals surface area contributed by atoms with Crippen LogP contribution in [0.2, 0.25) is 0 Å². The molecule has 8 heteroatoms. The number of amides is 2. The maximum atomic E-state index is 14.2. The number of carbonyl (C=O) groups is 3. The molecule has 1 atom stereocenters. The summed E-state index contributed by atoms with van der Waals surface area (Å²) in [7, 11) is 0. The zero-order chi connectivity index (χ0) is 28.6. The molecular formula is C32H38N4O4. The molecular weight excluding hydrogens is 504 g/mol. The van der Waals surface area contributed by atoms with Crippen LogP contribution in [0.25, 0.3) is 11.3 Å². The Kier molecular flexibility index (Phi) is 7.53. The van der Waals surface area contributed by atoms with Crippen molar-refractivity contribution in [3.05, 3.63) is 77.7 Å². The summed E-state index contributed by atoms with van der Waals surface area (Å²) in [6, 6.07) is 17.6. The van der Waals surface area contributed by atoms with Gasteiger partial charge in [-0.15, -0.1) is 0 Å². The van der Waals surface area contributed by atoms with E-state index in [-0.39, 0.29) is 43.3 Å². The number of imidazole rings is 1. The van der Waals surface area contributed by atoms with Crippen molar-refractivity contribution in [3.8, 4) is 11.3 Å². The number of benzene rings is 2. The number of hydrogen-bond acceptors (Lipinski definition) is 5. The van der Waals surface area contributed by atoms with E-state index in [4.69, 9.17) is 4.74 Å². The van der Waals surface area contributed by atoms with Gasteiger partial charge in [-0.05, 0) is 44.7 Å². The molecule has 0 spiro atoms. The van der Waals surface area contributed by atoms with Crippen LogP contribution in [0.15, 0.2) is 60.9 Å². The number of hydrogen-bond donors (Lipinski definition) is 0. The SMILES string of the molecule is CC(C)C(=O)[C@@H]1CN(C(=O)OC(C)(C)C)CCN1C(=O)c1ncn(C2Cc3ccccc3C2)c1-c1ccccc1. The van der Waals surface area contributed by atoms with Crippen LogP contribution in [-0.2, 0) is 22.4 Å². The first-order valence-corrected chi connectivity index (χ1v) is 14.0. The third kappa shape index (κ3) is 5.53. The van der Waals surface area contributed by atoms with Gasteiger partial charge in [0.05, 0.1) is 18.6 Å². The monoisotopic (exact) mass is 542 g/mol. The van der Waals surface area contributed by atoms with Gasteiger partial charge in [-0.2, -0.15) is 0 Å². The molecule has 2 aromatic carbocycles. The lowest BCUT2D eigenvalue weighted by Crippen LogP contribution is -2.60. The van der Waals surface area contributed by atoms with Crippen LogP contribution < -0.4 is 0 Å². The van der Waals surface area contributed by atoms with Gasteiger partial charge in [0.25, 0.3) is 5.91 Å². The Morgan fingerprint density at radius 1 is 0.925 bits per heavy atom. The predicted octanol–water partition coefficient (Wildman–Crippen LogP) is 5.18. The van der Waals surface area contributed by atoms with Gasteiger partial charge in [0.1, 0.15) is 11.6 Å². The van der Waals surface area contributed by atoms with E-state index in [0.717, 1.165) is 24.1 Å². The summed E-state index contributed by atoms with van der Waals surface area (Å²) in [5.74, 6) is -0.688. The van der Waals surface area contributed by atoms with E-state index in [1.165, 1.54) is 16.0 Å². The molecule has 2 aliphatic rings. The summed E-state index contributed by atoms with van der Waals surface area (Å²) in [5, 5.41) is 0. The van der Waals surface area contributed by atoms with E-state index >= 15 is 0 Å². The number of piperazine rings is 1. The third-order valence-corrected chi connectivity index (χ3v) is 7.66. The standard InChI is InChI=1S/C32H38N4O4/c1-21(2)29(37)26-19-34(31(39)40-32(3,4)5)15-16-35(26)30(38)27-28(22-11-7-6-8-12-22)36(20-33-27)25-17-23-13-9-10-14-24(23)18-25/h6-14,20-21,25-26H,15-19H2,1-5H3/t26-/m0/s1. The summed E-state index contributed by atoms with van der Waals surface area (Å²) in [6.45, 7) is 9.66. The average molecular weight is 543 g/mol. The maximum Gasteiger partial charge on any atom is 0.410 e. The number of ether oxygens (including phenoxy) is 1. The Morgan fingerprint density at radius 2 is 1.55 bits per heavy atom. The second kappa shape index (κ2) is 10.9. The third-order valence-electron chi connectivity index (χ3n) is 7.66. The molecule has 0 radical (unpaired) electrons. The Morgan fingerprint density at radius 3 is 2.15 bits per heavy atom. The highest BCUT2D eigenvalue weighted by Gasteiger charge is 2.41. The number of carbonyl (C=O) groups excluding carboxylic acids is 3. The zero-order valence-electron chi connectivity index (χ0n) is 24.0. The second-order valence-electron chi connectivity index (χ2n) is 12.0. The van der Waals surface area contributed by atoms with Crippen molar-refractivity contribution in [2.24, 2.45) is 5.92 Å². The number of Topliss-reactive ketones (excluding diaryl/α,β-unsaturated/α-hetero) is 1. The lowest BCUT2D eigenvalue weighted by atomic mass is 9.97. The van der Waals surface area contributed by atoms with E-state index < -0.39 is 17.7 Å². The molecule has 3 aromatic rings. The number of aromatic nitrogens is 2. The molecule has 1 saturated heterocycles. The minimum atomic E-state index is -0.779. The molecule has 2 heterocycles. The molecule has 0 saturated carbocycles. The van der Waals surface area contributed by atoms with Gasteiger partial charge >= 0.3 is 6.09 Å². The number of fused-ring (bicyclic) bond motifs is 1. The van der Waals surface area contributed by atoms with Crippen molar-refractivity contribution >= 4 is 17.8 Å². The fourth-order valence-corrected chi connectivity index (χ4v) is 5.69. The highest BCUT2D eigenvalue weighted by atomic mass is 16.6. The van der Waals surface area contributed by atoms with Gasteiger partial charge in [0.15, 0.2) is 11.5 Å². The van der Waals surface area contributed by atoms with Crippen LogP contribution in [-0.4, -0.2) is 68.4 Å². The molecule has 1 aliphatic carbocycles. The smallest absolute Gasteiger partial charge is 0.410 e. The van der Waals surface area contributed by atoms with Crippen LogP contribution in [0.3, 0.4) is 0 Å². The normalized spacial score (nSPS) is 17.7. The number of ketones is 1. The fraction of sp³-hybridized carbons (Fsp3) is 0.438. The lowest BCUT2D eigenvalue weighted by Gasteiger charge is -2.41. The molecule has 1 aliphatic heterocycles. The van der Waals surface area contributed by atoms with Gasteiger partial charge in [-0.3, -0.25) is 9.59 Å². The van der Waals surface area contributed by atoms with Gasteiger partial charge in [-0.25, -0.2) is 9.78 Å². The molecule has 0 unspecified atom stereocenters.